The molecule has 0 aromatic carbocycles. The summed E-state index contributed by atoms with van der Waals surface area (Å²) in [5.74, 6) is 2.51. The third kappa shape index (κ3) is 2.75. The van der Waals surface area contributed by atoms with Crippen LogP contribution in [0.3, 0.4) is 0 Å². The minimum absolute atomic E-state index is 0.589. The molecule has 94 valence electrons. The first-order valence-electron chi connectivity index (χ1n) is 6.36. The van der Waals surface area contributed by atoms with E-state index in [1.165, 1.54) is 5.56 Å². The minimum atomic E-state index is 0.589. The average molecular weight is 235 g/mol. The van der Waals surface area contributed by atoms with Crippen molar-refractivity contribution in [3.05, 3.63) is 17.1 Å². The molecule has 1 atom stereocenters. The van der Waals surface area contributed by atoms with E-state index in [-0.39, 0.29) is 0 Å². The first-order valence-corrected chi connectivity index (χ1v) is 6.36. The van der Waals surface area contributed by atoms with Crippen molar-refractivity contribution in [1.29, 1.82) is 0 Å². The van der Waals surface area contributed by atoms with Crippen LogP contribution in [0.5, 0.6) is 0 Å². The van der Waals surface area contributed by atoms with Crippen molar-refractivity contribution in [3.63, 3.8) is 0 Å². The lowest BCUT2D eigenvalue weighted by Gasteiger charge is -2.13. The summed E-state index contributed by atoms with van der Waals surface area (Å²) in [5.41, 5.74) is 2.32. The van der Waals surface area contributed by atoms with Crippen LogP contribution in [-0.4, -0.2) is 30.2 Å². The maximum absolute atomic E-state index is 5.39. The van der Waals surface area contributed by atoms with Crippen LogP contribution in [0.15, 0.2) is 0 Å². The van der Waals surface area contributed by atoms with Gasteiger partial charge in [-0.2, -0.15) is 0 Å². The van der Waals surface area contributed by atoms with Gasteiger partial charge < -0.3 is 10.1 Å². The normalized spacial score (nSPS) is 19.6. The smallest absolute Gasteiger partial charge is 0.132 e. The quantitative estimate of drug-likeness (QED) is 0.866. The molecular formula is C13H21N3O. The molecule has 1 fully saturated rings. The number of nitrogens with zero attached hydrogens (tertiary/aromatic N) is 2. The monoisotopic (exact) mass is 235 g/mol. The molecule has 0 saturated carbocycles. The van der Waals surface area contributed by atoms with Gasteiger partial charge in [-0.3, -0.25) is 0 Å². The van der Waals surface area contributed by atoms with Crippen molar-refractivity contribution in [3.8, 4) is 0 Å². The Kier molecular flexibility index (Phi) is 3.94. The van der Waals surface area contributed by atoms with Crippen molar-refractivity contribution in [2.45, 2.75) is 33.1 Å². The molecule has 0 amide bonds. The fourth-order valence-corrected chi connectivity index (χ4v) is 2.38. The molecular weight excluding hydrogens is 214 g/mol. The van der Waals surface area contributed by atoms with E-state index in [1.807, 2.05) is 7.05 Å². The van der Waals surface area contributed by atoms with E-state index in [0.717, 1.165) is 49.8 Å². The summed E-state index contributed by atoms with van der Waals surface area (Å²) in [6, 6.07) is 0. The van der Waals surface area contributed by atoms with Crippen molar-refractivity contribution in [1.82, 2.24) is 9.97 Å². The minimum Gasteiger partial charge on any atom is -0.381 e. The number of ether oxygens (including phenoxy) is 1. The number of rotatable bonds is 4. The Labute approximate surface area is 103 Å². The summed E-state index contributed by atoms with van der Waals surface area (Å²) in [6.45, 7) is 5.94. The first-order chi connectivity index (χ1) is 8.24. The highest BCUT2D eigenvalue weighted by molar-refractivity contribution is 5.45. The van der Waals surface area contributed by atoms with E-state index < -0.39 is 0 Å². The largest absolute Gasteiger partial charge is 0.381 e. The summed E-state index contributed by atoms with van der Waals surface area (Å²) in [5, 5.41) is 3.17. The molecule has 1 N–H and O–H groups in total. The predicted octanol–water partition coefficient (Wildman–Crippen LogP) is 1.97. The maximum Gasteiger partial charge on any atom is 0.132 e. The summed E-state index contributed by atoms with van der Waals surface area (Å²) in [6.07, 6.45) is 3.03. The fraction of sp³-hybridized carbons (Fsp3) is 0.692. The van der Waals surface area contributed by atoms with Gasteiger partial charge in [-0.05, 0) is 25.7 Å². The van der Waals surface area contributed by atoms with Crippen molar-refractivity contribution in [2.75, 3.05) is 25.6 Å². The second-order valence-electron chi connectivity index (χ2n) is 4.59. The van der Waals surface area contributed by atoms with Gasteiger partial charge in [0.05, 0.1) is 0 Å². The van der Waals surface area contributed by atoms with E-state index >= 15 is 0 Å². The molecule has 1 aromatic heterocycles. The standard InChI is InChI=1S/C13H21N3O/c1-4-11-9(2)15-12(16-13(11)14-3)7-10-5-6-17-8-10/h10H,4-8H2,1-3H3,(H,14,15,16). The third-order valence-electron chi connectivity index (χ3n) is 3.35. The lowest BCUT2D eigenvalue weighted by molar-refractivity contribution is 0.185. The molecule has 0 spiro atoms. The van der Waals surface area contributed by atoms with Gasteiger partial charge in [-0.15, -0.1) is 0 Å². The van der Waals surface area contributed by atoms with Gasteiger partial charge in [0, 0.05) is 37.9 Å². The molecule has 17 heavy (non-hydrogen) atoms. The van der Waals surface area contributed by atoms with E-state index in [9.17, 15) is 0 Å². The number of aromatic nitrogens is 2. The van der Waals surface area contributed by atoms with Gasteiger partial charge in [0.15, 0.2) is 0 Å². The molecule has 0 radical (unpaired) electrons. The van der Waals surface area contributed by atoms with Gasteiger partial charge in [-0.1, -0.05) is 6.92 Å². The highest BCUT2D eigenvalue weighted by Gasteiger charge is 2.18. The van der Waals surface area contributed by atoms with Gasteiger partial charge in [0.25, 0.3) is 0 Å². The molecule has 0 aliphatic carbocycles. The van der Waals surface area contributed by atoms with Gasteiger partial charge in [0.2, 0.25) is 0 Å². The van der Waals surface area contributed by atoms with Crippen LogP contribution in [0.4, 0.5) is 5.82 Å². The zero-order chi connectivity index (χ0) is 12.3. The molecule has 2 rings (SSSR count). The molecule has 4 nitrogen and oxygen atoms in total. The number of hydrogen-bond acceptors (Lipinski definition) is 4. The van der Waals surface area contributed by atoms with Gasteiger partial charge >= 0.3 is 0 Å². The molecule has 1 aromatic rings. The summed E-state index contributed by atoms with van der Waals surface area (Å²) in [7, 11) is 1.92. The maximum atomic E-state index is 5.39. The second kappa shape index (κ2) is 5.45. The molecule has 4 heteroatoms. The third-order valence-corrected chi connectivity index (χ3v) is 3.35. The van der Waals surface area contributed by atoms with Crippen LogP contribution in [0.25, 0.3) is 0 Å². The average Bonchev–Trinajstić information content (AvgIpc) is 2.81. The Morgan fingerprint density at radius 1 is 1.41 bits per heavy atom. The Hall–Kier alpha value is -1.16. The lowest BCUT2D eigenvalue weighted by atomic mass is 10.0. The summed E-state index contributed by atoms with van der Waals surface area (Å²) < 4.78 is 5.39. The molecule has 2 heterocycles. The topological polar surface area (TPSA) is 47.0 Å². The van der Waals surface area contributed by atoms with E-state index in [1.54, 1.807) is 0 Å². The Bertz CT molecular complexity index is 386. The van der Waals surface area contributed by atoms with Crippen LogP contribution in [0.1, 0.15) is 30.4 Å². The van der Waals surface area contributed by atoms with Crippen LogP contribution in [-0.2, 0) is 17.6 Å². The summed E-state index contributed by atoms with van der Waals surface area (Å²) >= 11 is 0. The van der Waals surface area contributed by atoms with E-state index in [2.05, 4.69) is 29.1 Å². The second-order valence-corrected chi connectivity index (χ2v) is 4.59. The van der Waals surface area contributed by atoms with E-state index in [0.29, 0.717) is 5.92 Å². The molecule has 1 saturated heterocycles. The zero-order valence-electron chi connectivity index (χ0n) is 10.9. The van der Waals surface area contributed by atoms with Crippen LogP contribution >= 0.6 is 0 Å². The Morgan fingerprint density at radius 3 is 2.82 bits per heavy atom. The highest BCUT2D eigenvalue weighted by atomic mass is 16.5. The number of nitrogens with one attached hydrogen (secondary N) is 1. The number of aryl methyl sites for hydroxylation is 1. The molecule has 1 aliphatic heterocycles. The SMILES string of the molecule is CCc1c(C)nc(CC2CCOC2)nc1NC. The number of anilines is 1. The van der Waals surface area contributed by atoms with Crippen molar-refractivity contribution in [2.24, 2.45) is 5.92 Å². The van der Waals surface area contributed by atoms with Crippen molar-refractivity contribution < 1.29 is 4.74 Å². The Morgan fingerprint density at radius 2 is 2.24 bits per heavy atom. The number of hydrogen-bond donors (Lipinski definition) is 1. The van der Waals surface area contributed by atoms with Crippen molar-refractivity contribution >= 4 is 5.82 Å². The first kappa shape index (κ1) is 12.3. The predicted molar refractivity (Wildman–Crippen MR) is 68.3 cm³/mol. The molecule has 1 unspecified atom stereocenters. The Balaban J connectivity index is 2.19. The van der Waals surface area contributed by atoms with E-state index in [4.69, 9.17) is 4.74 Å². The zero-order valence-corrected chi connectivity index (χ0v) is 10.9. The van der Waals surface area contributed by atoms with Crippen LogP contribution < -0.4 is 5.32 Å². The lowest BCUT2D eigenvalue weighted by Crippen LogP contribution is -2.11. The van der Waals surface area contributed by atoms with Gasteiger partial charge in [-0.25, -0.2) is 9.97 Å². The van der Waals surface area contributed by atoms with Gasteiger partial charge in [0.1, 0.15) is 11.6 Å². The molecule has 1 aliphatic rings. The van der Waals surface area contributed by atoms with Crippen LogP contribution in [0, 0.1) is 12.8 Å². The molecule has 0 bridgehead atoms. The fourth-order valence-electron chi connectivity index (χ4n) is 2.38. The van der Waals surface area contributed by atoms with Crippen LogP contribution in [0.2, 0.25) is 0 Å². The highest BCUT2D eigenvalue weighted by Crippen LogP contribution is 2.20. The summed E-state index contributed by atoms with van der Waals surface area (Å²) in [4.78, 5) is 9.22.